The molecule has 0 aliphatic carbocycles. The lowest BCUT2D eigenvalue weighted by Gasteiger charge is -2.36. The van der Waals surface area contributed by atoms with Gasteiger partial charge in [-0.1, -0.05) is 18.2 Å². The van der Waals surface area contributed by atoms with Gasteiger partial charge in [0, 0.05) is 24.9 Å². The van der Waals surface area contributed by atoms with Crippen LogP contribution in [0.4, 0.5) is 0 Å². The van der Waals surface area contributed by atoms with Gasteiger partial charge >= 0.3 is 0 Å². The van der Waals surface area contributed by atoms with Gasteiger partial charge in [-0.3, -0.25) is 15.1 Å². The summed E-state index contributed by atoms with van der Waals surface area (Å²) in [5.41, 5.74) is 6.31. The van der Waals surface area contributed by atoms with Gasteiger partial charge in [-0.05, 0) is 31.9 Å². The summed E-state index contributed by atoms with van der Waals surface area (Å²) in [6.45, 7) is 4.19. The summed E-state index contributed by atoms with van der Waals surface area (Å²) in [7, 11) is 0. The van der Waals surface area contributed by atoms with Crippen molar-refractivity contribution in [3.63, 3.8) is 0 Å². The molecule has 2 heterocycles. The molecular weight excluding hydrogens is 362 g/mol. The van der Waals surface area contributed by atoms with Gasteiger partial charge in [-0.2, -0.15) is 5.26 Å². The Hall–Kier alpha value is -1.79. The summed E-state index contributed by atoms with van der Waals surface area (Å²) in [4.78, 5) is 16.2. The minimum atomic E-state index is -0.293. The molecule has 2 N–H and O–H groups in total. The molecule has 2 saturated heterocycles. The molecule has 146 valence electrons. The normalized spacial score (nSPS) is 22.4. The van der Waals surface area contributed by atoms with Crippen LogP contribution in [-0.2, 0) is 4.79 Å². The molecule has 7 nitrogen and oxygen atoms in total. The molecule has 2 fully saturated rings. The first-order chi connectivity index (χ1) is 13.2. The van der Waals surface area contributed by atoms with Crippen LogP contribution in [0.15, 0.2) is 30.3 Å². The molecular formula is C19H27N5O2S. The Morgan fingerprint density at radius 1 is 1.37 bits per heavy atom. The highest BCUT2D eigenvalue weighted by molar-refractivity contribution is 7.99. The number of likely N-dealkylation sites (tertiary alicyclic amines) is 1. The van der Waals surface area contributed by atoms with E-state index in [1.807, 2.05) is 30.3 Å². The van der Waals surface area contributed by atoms with Crippen molar-refractivity contribution in [2.45, 2.75) is 38.1 Å². The Labute approximate surface area is 165 Å². The Kier molecular flexibility index (Phi) is 7.35. The van der Waals surface area contributed by atoms with Crippen molar-refractivity contribution in [3.8, 4) is 11.8 Å². The number of carbonyl (C=O) groups is 1. The highest BCUT2D eigenvalue weighted by Gasteiger charge is 2.29. The maximum absolute atomic E-state index is 12.2. The molecule has 2 aliphatic heterocycles. The minimum absolute atomic E-state index is 0.0265. The molecule has 0 saturated carbocycles. The van der Waals surface area contributed by atoms with Gasteiger partial charge in [-0.15, -0.1) is 11.8 Å². The summed E-state index contributed by atoms with van der Waals surface area (Å²) < 4.78 is 5.99. The van der Waals surface area contributed by atoms with Crippen molar-refractivity contribution in [2.75, 3.05) is 31.3 Å². The first-order valence-corrected chi connectivity index (χ1v) is 10.5. The van der Waals surface area contributed by atoms with E-state index in [-0.39, 0.29) is 24.7 Å². The second-order valence-electron chi connectivity index (χ2n) is 6.85. The molecule has 1 aromatic carbocycles. The molecule has 2 atom stereocenters. The van der Waals surface area contributed by atoms with E-state index in [2.05, 4.69) is 28.7 Å². The highest BCUT2D eigenvalue weighted by Crippen LogP contribution is 2.20. The van der Waals surface area contributed by atoms with E-state index in [9.17, 15) is 4.79 Å². The lowest BCUT2D eigenvalue weighted by molar-refractivity contribution is -0.130. The third-order valence-electron chi connectivity index (χ3n) is 4.99. The number of para-hydroxylation sites is 1. The van der Waals surface area contributed by atoms with Gasteiger partial charge < -0.3 is 9.64 Å². The molecule has 0 spiro atoms. The monoisotopic (exact) mass is 389 g/mol. The van der Waals surface area contributed by atoms with Crippen molar-refractivity contribution >= 4 is 17.7 Å². The van der Waals surface area contributed by atoms with Crippen LogP contribution < -0.4 is 15.6 Å². The van der Waals surface area contributed by atoms with Crippen molar-refractivity contribution in [1.82, 2.24) is 20.7 Å². The number of rotatable bonds is 7. The second kappa shape index (κ2) is 9.95. The van der Waals surface area contributed by atoms with Crippen molar-refractivity contribution in [3.05, 3.63) is 30.3 Å². The molecule has 27 heavy (non-hydrogen) atoms. The zero-order chi connectivity index (χ0) is 19.1. The van der Waals surface area contributed by atoms with Gasteiger partial charge in [-0.25, -0.2) is 5.43 Å². The van der Waals surface area contributed by atoms with Crippen LogP contribution in [0.2, 0.25) is 0 Å². The summed E-state index contributed by atoms with van der Waals surface area (Å²) >= 11 is 1.63. The fourth-order valence-electron chi connectivity index (χ4n) is 3.35. The van der Waals surface area contributed by atoms with E-state index < -0.39 is 0 Å². The fourth-order valence-corrected chi connectivity index (χ4v) is 4.45. The summed E-state index contributed by atoms with van der Waals surface area (Å²) in [5.74, 6) is 2.18. The summed E-state index contributed by atoms with van der Waals surface area (Å²) in [6.07, 6.45) is 2.02. The number of nitriles is 1. The number of benzene rings is 1. The van der Waals surface area contributed by atoms with Crippen LogP contribution in [0, 0.1) is 11.3 Å². The number of piperidine rings is 1. The maximum atomic E-state index is 12.2. The summed E-state index contributed by atoms with van der Waals surface area (Å²) in [5, 5.41) is 9.07. The zero-order valence-electron chi connectivity index (χ0n) is 15.6. The number of ether oxygens (including phenoxy) is 1. The molecule has 0 aromatic heterocycles. The van der Waals surface area contributed by atoms with Crippen molar-refractivity contribution in [1.29, 1.82) is 5.26 Å². The Balaban J connectivity index is 1.34. The number of nitrogens with zero attached hydrogens (tertiary/aromatic N) is 3. The SMILES string of the molecule is CC(Oc1ccccc1)N1CCC(NNCC(=O)N2CSCC2C#N)CC1. The van der Waals surface area contributed by atoms with E-state index in [0.717, 1.165) is 31.7 Å². The number of thioether (sulfide) groups is 1. The van der Waals surface area contributed by atoms with Gasteiger partial charge in [0.1, 0.15) is 18.0 Å². The molecule has 8 heteroatoms. The van der Waals surface area contributed by atoms with Crippen LogP contribution in [-0.4, -0.2) is 65.3 Å². The largest absolute Gasteiger partial charge is 0.475 e. The number of hydrogen-bond acceptors (Lipinski definition) is 7. The van der Waals surface area contributed by atoms with Crippen molar-refractivity contribution < 1.29 is 9.53 Å². The van der Waals surface area contributed by atoms with Crippen LogP contribution >= 0.6 is 11.8 Å². The zero-order valence-corrected chi connectivity index (χ0v) is 16.5. The first-order valence-electron chi connectivity index (χ1n) is 9.38. The molecule has 2 unspecified atom stereocenters. The molecule has 1 aromatic rings. The molecule has 0 radical (unpaired) electrons. The minimum Gasteiger partial charge on any atom is -0.475 e. The number of amides is 1. The Morgan fingerprint density at radius 2 is 2.11 bits per heavy atom. The molecule has 1 amide bonds. The third kappa shape index (κ3) is 5.59. The highest BCUT2D eigenvalue weighted by atomic mass is 32.2. The Morgan fingerprint density at radius 3 is 2.81 bits per heavy atom. The topological polar surface area (TPSA) is 80.6 Å². The average Bonchev–Trinajstić information content (AvgIpc) is 3.18. The Bertz CT molecular complexity index is 645. The number of nitrogens with one attached hydrogen (secondary N) is 2. The van der Waals surface area contributed by atoms with E-state index in [4.69, 9.17) is 10.00 Å². The lowest BCUT2D eigenvalue weighted by atomic mass is 10.1. The predicted molar refractivity (Wildman–Crippen MR) is 106 cm³/mol. The molecule has 2 aliphatic rings. The number of carbonyl (C=O) groups excluding carboxylic acids is 1. The van der Waals surface area contributed by atoms with Gasteiger partial charge in [0.15, 0.2) is 0 Å². The van der Waals surface area contributed by atoms with E-state index >= 15 is 0 Å². The van der Waals surface area contributed by atoms with E-state index in [0.29, 0.717) is 17.7 Å². The quantitative estimate of drug-likeness (QED) is 0.682. The smallest absolute Gasteiger partial charge is 0.239 e. The maximum Gasteiger partial charge on any atom is 0.239 e. The van der Waals surface area contributed by atoms with Crippen LogP contribution in [0.3, 0.4) is 0 Å². The molecule has 0 bridgehead atoms. The van der Waals surface area contributed by atoms with Crippen LogP contribution in [0.25, 0.3) is 0 Å². The number of hydrazine groups is 1. The lowest BCUT2D eigenvalue weighted by Crippen LogP contribution is -2.52. The fraction of sp³-hybridized carbons (Fsp3) is 0.579. The van der Waals surface area contributed by atoms with Crippen molar-refractivity contribution in [2.24, 2.45) is 0 Å². The number of hydrogen-bond donors (Lipinski definition) is 2. The van der Waals surface area contributed by atoms with Gasteiger partial charge in [0.2, 0.25) is 5.91 Å². The average molecular weight is 390 g/mol. The second-order valence-corrected chi connectivity index (χ2v) is 7.85. The van der Waals surface area contributed by atoms with Gasteiger partial charge in [0.25, 0.3) is 0 Å². The van der Waals surface area contributed by atoms with E-state index in [1.54, 1.807) is 16.7 Å². The first kappa shape index (κ1) is 20.0. The van der Waals surface area contributed by atoms with Crippen LogP contribution in [0.5, 0.6) is 5.75 Å². The van der Waals surface area contributed by atoms with E-state index in [1.165, 1.54) is 0 Å². The predicted octanol–water partition coefficient (Wildman–Crippen LogP) is 1.40. The third-order valence-corrected chi connectivity index (χ3v) is 6.00. The standard InChI is InChI=1S/C19H27N5O2S/c1-15(26-18-5-3-2-4-6-18)23-9-7-16(8-10-23)22-21-12-19(25)24-14-27-13-17(24)11-20/h2-6,15-17,21-22H,7-10,12-14H2,1H3. The van der Waals surface area contributed by atoms with Gasteiger partial charge in [0.05, 0.1) is 18.5 Å². The van der Waals surface area contributed by atoms with Crippen LogP contribution in [0.1, 0.15) is 19.8 Å². The summed E-state index contributed by atoms with van der Waals surface area (Å²) in [6, 6.07) is 12.1. The molecule has 3 rings (SSSR count).